The zero-order chi connectivity index (χ0) is 17.1. The van der Waals surface area contributed by atoms with Crippen molar-refractivity contribution >= 4 is 20.0 Å². The summed E-state index contributed by atoms with van der Waals surface area (Å²) in [6.45, 7) is 3.88. The number of nitrogens with zero attached hydrogens (tertiary/aromatic N) is 1. The van der Waals surface area contributed by atoms with Crippen molar-refractivity contribution in [2.45, 2.75) is 42.0 Å². The van der Waals surface area contributed by atoms with Gasteiger partial charge in [0.15, 0.2) is 0 Å². The molecule has 0 aromatic heterocycles. The lowest BCUT2D eigenvalue weighted by Gasteiger charge is -2.33. The number of benzene rings is 1. The number of sulfonamides is 2. The molecule has 3 N–H and O–H groups in total. The minimum absolute atomic E-state index is 0.0315. The van der Waals surface area contributed by atoms with Gasteiger partial charge in [-0.2, -0.15) is 4.31 Å². The number of rotatable bonds is 6. The molecule has 1 aromatic carbocycles. The summed E-state index contributed by atoms with van der Waals surface area (Å²) in [6.07, 6.45) is 2.18. The van der Waals surface area contributed by atoms with E-state index < -0.39 is 20.0 Å². The topological polar surface area (TPSA) is 110 Å². The minimum atomic E-state index is -3.94. The Hall–Kier alpha value is -1.00. The Morgan fingerprint density at radius 2 is 1.78 bits per heavy atom. The molecule has 1 aromatic rings. The van der Waals surface area contributed by atoms with Crippen molar-refractivity contribution < 1.29 is 16.8 Å². The third-order valence-corrected chi connectivity index (χ3v) is 6.76. The second-order valence-corrected chi connectivity index (χ2v) is 9.07. The Morgan fingerprint density at radius 3 is 2.35 bits per heavy atom. The van der Waals surface area contributed by atoms with Crippen molar-refractivity contribution in [1.29, 1.82) is 0 Å². The summed E-state index contributed by atoms with van der Waals surface area (Å²) in [5.74, 6) is 0. The molecule has 9 heteroatoms. The normalized spacial score (nSPS) is 17.5. The largest absolute Gasteiger partial charge is 0.317 e. The summed E-state index contributed by atoms with van der Waals surface area (Å²) >= 11 is 0. The van der Waals surface area contributed by atoms with Crippen LogP contribution in [0.2, 0.25) is 0 Å². The third-order valence-electron chi connectivity index (χ3n) is 3.90. The zero-order valence-electron chi connectivity index (χ0n) is 13.1. The second-order valence-electron chi connectivity index (χ2n) is 5.62. The molecule has 0 saturated carbocycles. The van der Waals surface area contributed by atoms with Crippen LogP contribution in [0.15, 0.2) is 34.1 Å². The average Bonchev–Trinajstić information content (AvgIpc) is 2.52. The van der Waals surface area contributed by atoms with Crippen molar-refractivity contribution in [3.8, 4) is 0 Å². The maximum atomic E-state index is 13.0. The lowest BCUT2D eigenvalue weighted by molar-refractivity contribution is 0.262. The van der Waals surface area contributed by atoms with Crippen molar-refractivity contribution in [2.75, 3.05) is 19.6 Å². The highest BCUT2D eigenvalue weighted by atomic mass is 32.2. The molecule has 1 aliphatic rings. The van der Waals surface area contributed by atoms with Gasteiger partial charge in [-0.15, -0.1) is 0 Å². The van der Waals surface area contributed by atoms with E-state index >= 15 is 0 Å². The number of hydrogen-bond donors (Lipinski definition) is 2. The summed E-state index contributed by atoms with van der Waals surface area (Å²) in [7, 11) is -7.70. The molecule has 0 spiro atoms. The number of primary sulfonamides is 1. The monoisotopic (exact) mass is 361 g/mol. The fourth-order valence-electron chi connectivity index (χ4n) is 2.76. The van der Waals surface area contributed by atoms with Crippen LogP contribution in [-0.2, 0) is 20.0 Å². The molecule has 1 fully saturated rings. The van der Waals surface area contributed by atoms with Gasteiger partial charge in [-0.25, -0.2) is 22.0 Å². The molecule has 130 valence electrons. The van der Waals surface area contributed by atoms with Crippen LogP contribution in [-0.4, -0.2) is 46.8 Å². The molecule has 0 radical (unpaired) electrons. The van der Waals surface area contributed by atoms with E-state index in [9.17, 15) is 16.8 Å². The van der Waals surface area contributed by atoms with Gasteiger partial charge in [0, 0.05) is 12.6 Å². The zero-order valence-corrected chi connectivity index (χ0v) is 14.7. The first kappa shape index (κ1) is 18.3. The van der Waals surface area contributed by atoms with Crippen LogP contribution in [0.1, 0.15) is 26.2 Å². The molecule has 0 amide bonds. The van der Waals surface area contributed by atoms with E-state index in [1.807, 2.05) is 6.92 Å². The van der Waals surface area contributed by atoms with Gasteiger partial charge in [-0.05, 0) is 50.6 Å². The van der Waals surface area contributed by atoms with E-state index in [2.05, 4.69) is 5.32 Å². The molecule has 7 nitrogen and oxygen atoms in total. The molecule has 2 rings (SSSR count). The Labute approximate surface area is 138 Å². The van der Waals surface area contributed by atoms with Crippen molar-refractivity contribution in [3.05, 3.63) is 24.3 Å². The predicted molar refractivity (Wildman–Crippen MR) is 87.9 cm³/mol. The third kappa shape index (κ3) is 4.30. The molecule has 1 aliphatic heterocycles. The van der Waals surface area contributed by atoms with E-state index in [0.29, 0.717) is 13.0 Å². The van der Waals surface area contributed by atoms with Crippen LogP contribution < -0.4 is 10.5 Å². The maximum Gasteiger partial charge on any atom is 0.243 e. The summed E-state index contributed by atoms with van der Waals surface area (Å²) in [4.78, 5) is -0.226. The van der Waals surface area contributed by atoms with E-state index in [4.69, 9.17) is 5.14 Å². The smallest absolute Gasteiger partial charge is 0.243 e. The summed E-state index contributed by atoms with van der Waals surface area (Å²) in [5.41, 5.74) is 0. The van der Waals surface area contributed by atoms with Crippen LogP contribution in [0.25, 0.3) is 0 Å². The Balaban J connectivity index is 2.41. The standard InChI is InChI=1S/C14H23N3O4S2/c1-2-10-17(12-6-8-16-9-7-12)23(20,21)14-5-3-4-13(11-14)22(15,18)19/h3-5,11-12,16H,2,6-10H2,1H3,(H2,15,18,19). The highest BCUT2D eigenvalue weighted by Crippen LogP contribution is 2.24. The van der Waals surface area contributed by atoms with Gasteiger partial charge in [0.2, 0.25) is 20.0 Å². The van der Waals surface area contributed by atoms with Gasteiger partial charge in [0.25, 0.3) is 0 Å². The van der Waals surface area contributed by atoms with E-state index in [-0.39, 0.29) is 15.8 Å². The van der Waals surface area contributed by atoms with Gasteiger partial charge >= 0.3 is 0 Å². The van der Waals surface area contributed by atoms with Gasteiger partial charge < -0.3 is 5.32 Å². The lowest BCUT2D eigenvalue weighted by Crippen LogP contribution is -2.46. The summed E-state index contributed by atoms with van der Waals surface area (Å²) < 4.78 is 50.4. The van der Waals surface area contributed by atoms with Gasteiger partial charge in [0.05, 0.1) is 9.79 Å². The van der Waals surface area contributed by atoms with Crippen LogP contribution >= 0.6 is 0 Å². The van der Waals surface area contributed by atoms with Crippen LogP contribution in [0.5, 0.6) is 0 Å². The average molecular weight is 361 g/mol. The first-order valence-corrected chi connectivity index (χ1v) is 10.6. The fraction of sp³-hybridized carbons (Fsp3) is 0.571. The van der Waals surface area contributed by atoms with E-state index in [0.717, 1.165) is 32.0 Å². The maximum absolute atomic E-state index is 13.0. The highest BCUT2D eigenvalue weighted by Gasteiger charge is 2.32. The number of piperidine rings is 1. The predicted octanol–water partition coefficient (Wildman–Crippen LogP) is 0.487. The Morgan fingerprint density at radius 1 is 1.17 bits per heavy atom. The van der Waals surface area contributed by atoms with Crippen molar-refractivity contribution in [2.24, 2.45) is 5.14 Å². The van der Waals surface area contributed by atoms with E-state index in [1.165, 1.54) is 22.5 Å². The quantitative estimate of drug-likeness (QED) is 0.766. The first-order valence-electron chi connectivity index (χ1n) is 7.62. The van der Waals surface area contributed by atoms with Crippen LogP contribution in [0.4, 0.5) is 0 Å². The molecule has 0 aliphatic carbocycles. The number of nitrogens with two attached hydrogens (primary N) is 1. The molecule has 0 atom stereocenters. The molecule has 0 unspecified atom stereocenters. The number of hydrogen-bond acceptors (Lipinski definition) is 5. The molecular formula is C14H23N3O4S2. The molecule has 1 heterocycles. The van der Waals surface area contributed by atoms with Gasteiger partial charge in [-0.1, -0.05) is 13.0 Å². The lowest BCUT2D eigenvalue weighted by atomic mass is 10.1. The molecule has 1 saturated heterocycles. The van der Waals surface area contributed by atoms with E-state index in [1.54, 1.807) is 0 Å². The van der Waals surface area contributed by atoms with Crippen LogP contribution in [0.3, 0.4) is 0 Å². The van der Waals surface area contributed by atoms with Gasteiger partial charge in [-0.3, -0.25) is 0 Å². The molecule has 23 heavy (non-hydrogen) atoms. The first-order chi connectivity index (χ1) is 10.8. The summed E-state index contributed by atoms with van der Waals surface area (Å²) in [6, 6.07) is 5.17. The Bertz CT molecular complexity index is 741. The highest BCUT2D eigenvalue weighted by molar-refractivity contribution is 7.90. The molecular weight excluding hydrogens is 338 g/mol. The Kier molecular flexibility index (Phi) is 5.79. The van der Waals surface area contributed by atoms with Gasteiger partial charge in [0.1, 0.15) is 0 Å². The van der Waals surface area contributed by atoms with Crippen molar-refractivity contribution in [3.63, 3.8) is 0 Å². The fourth-order valence-corrected chi connectivity index (χ4v) is 5.22. The van der Waals surface area contributed by atoms with Crippen LogP contribution in [0, 0.1) is 0 Å². The minimum Gasteiger partial charge on any atom is -0.317 e. The van der Waals surface area contributed by atoms with Crippen molar-refractivity contribution in [1.82, 2.24) is 9.62 Å². The number of nitrogens with one attached hydrogen (secondary N) is 1. The second kappa shape index (κ2) is 7.27. The molecule has 0 bridgehead atoms. The SMILES string of the molecule is CCCN(C1CCNCC1)S(=O)(=O)c1cccc(S(N)(=O)=O)c1. The summed E-state index contributed by atoms with van der Waals surface area (Å²) in [5, 5.41) is 8.32.